The number of nitrogens with two attached hydrogens (primary N) is 2. The van der Waals surface area contributed by atoms with Crippen LogP contribution >= 0.6 is 46.4 Å². The number of anilines is 2. The Bertz CT molecular complexity index is 2570. The second-order valence-electron chi connectivity index (χ2n) is 11.7. The van der Waals surface area contributed by atoms with Crippen molar-refractivity contribution in [2.75, 3.05) is 24.9 Å². The van der Waals surface area contributed by atoms with Gasteiger partial charge in [-0.3, -0.25) is 19.2 Å². The summed E-state index contributed by atoms with van der Waals surface area (Å²) in [7, 11) is 2.72. The van der Waals surface area contributed by atoms with Crippen LogP contribution in [0.5, 0.6) is 28.7 Å². The SMILES string of the molecule is COc1cc(F)ccc1O.COc1cc(F)ccc1Oc1cc(Cl)cc(Cl)c1C(=O)Nc1ccc(C(N)=O)nc1.NC(=O)c1ccc(NC(=O)c2c(F)cc(Cl)cc2Cl)cn1. The molecule has 0 saturated carbocycles. The van der Waals surface area contributed by atoms with E-state index in [4.69, 9.17) is 72.5 Å². The number of hydrogen-bond acceptors (Lipinski definition) is 10. The molecule has 0 fully saturated rings. The first-order chi connectivity index (χ1) is 28.9. The Kier molecular flexibility index (Phi) is 16.5. The zero-order valence-electron chi connectivity index (χ0n) is 31.2. The molecule has 4 amide bonds. The Balaban J connectivity index is 0.000000228. The van der Waals surface area contributed by atoms with Gasteiger partial charge in [-0.15, -0.1) is 0 Å². The highest BCUT2D eigenvalue weighted by Crippen LogP contribution is 2.38. The van der Waals surface area contributed by atoms with Crippen molar-refractivity contribution >= 4 is 81.4 Å². The fraction of sp³-hybridized carbons (Fsp3) is 0.0500. The van der Waals surface area contributed by atoms with Crippen molar-refractivity contribution in [3.05, 3.63) is 157 Å². The van der Waals surface area contributed by atoms with E-state index < -0.39 is 41.1 Å². The van der Waals surface area contributed by atoms with Gasteiger partial charge in [0.2, 0.25) is 0 Å². The number of methoxy groups -OCH3 is 2. The third-order valence-electron chi connectivity index (χ3n) is 7.51. The van der Waals surface area contributed by atoms with Crippen LogP contribution in [0.15, 0.2) is 97.3 Å². The molecule has 0 spiro atoms. The maximum atomic E-state index is 13.7. The maximum absolute atomic E-state index is 13.7. The molecule has 2 heterocycles. The van der Waals surface area contributed by atoms with Gasteiger partial charge in [0, 0.05) is 28.2 Å². The van der Waals surface area contributed by atoms with Gasteiger partial charge >= 0.3 is 0 Å². The monoisotopic (exact) mass is 918 g/mol. The zero-order chi connectivity index (χ0) is 45.0. The van der Waals surface area contributed by atoms with Crippen LogP contribution in [0.2, 0.25) is 20.1 Å². The molecule has 0 saturated heterocycles. The first kappa shape index (κ1) is 46.9. The maximum Gasteiger partial charge on any atom is 0.267 e. The Morgan fingerprint density at radius 1 is 0.590 bits per heavy atom. The second-order valence-corrected chi connectivity index (χ2v) is 13.4. The highest BCUT2D eigenvalue weighted by atomic mass is 35.5. The molecule has 0 aliphatic carbocycles. The first-order valence-electron chi connectivity index (χ1n) is 16.7. The summed E-state index contributed by atoms with van der Waals surface area (Å²) in [4.78, 5) is 54.4. The van der Waals surface area contributed by atoms with Crippen molar-refractivity contribution < 1.29 is 51.7 Å². The van der Waals surface area contributed by atoms with Crippen molar-refractivity contribution in [2.45, 2.75) is 0 Å². The van der Waals surface area contributed by atoms with Crippen LogP contribution in [0.1, 0.15) is 41.7 Å². The van der Waals surface area contributed by atoms with Crippen LogP contribution in [0.25, 0.3) is 0 Å². The van der Waals surface area contributed by atoms with Crippen LogP contribution in [0.4, 0.5) is 24.5 Å². The van der Waals surface area contributed by atoms with E-state index in [1.165, 1.54) is 87.3 Å². The van der Waals surface area contributed by atoms with Gasteiger partial charge in [-0.05, 0) is 66.7 Å². The Hall–Kier alpha value is -6.79. The molecule has 0 aliphatic rings. The third kappa shape index (κ3) is 13.1. The molecule has 2 aromatic heterocycles. The van der Waals surface area contributed by atoms with Crippen LogP contribution in [0, 0.1) is 17.5 Å². The summed E-state index contributed by atoms with van der Waals surface area (Å²) in [6, 6.07) is 17.7. The van der Waals surface area contributed by atoms with Crippen molar-refractivity contribution in [2.24, 2.45) is 11.5 Å². The summed E-state index contributed by atoms with van der Waals surface area (Å²) >= 11 is 23.7. The minimum absolute atomic E-state index is 0.0218. The van der Waals surface area contributed by atoms with E-state index in [0.29, 0.717) is 5.69 Å². The molecule has 61 heavy (non-hydrogen) atoms. The summed E-state index contributed by atoms with van der Waals surface area (Å²) in [6.45, 7) is 0. The van der Waals surface area contributed by atoms with E-state index in [2.05, 4.69) is 25.3 Å². The van der Waals surface area contributed by atoms with Crippen molar-refractivity contribution in [3.63, 3.8) is 0 Å². The minimum atomic E-state index is -0.841. The van der Waals surface area contributed by atoms with Gasteiger partial charge in [-0.25, -0.2) is 23.1 Å². The number of halogens is 7. The number of hydrogen-bond donors (Lipinski definition) is 5. The summed E-state index contributed by atoms with van der Waals surface area (Å²) in [6.07, 6.45) is 2.49. The van der Waals surface area contributed by atoms with Crippen LogP contribution < -0.4 is 36.3 Å². The molecular formula is C40H29Cl4F3N6O8. The van der Waals surface area contributed by atoms with Gasteiger partial charge in [-0.1, -0.05) is 46.4 Å². The number of carbonyl (C=O) groups is 4. The normalized spacial score (nSPS) is 10.2. The molecule has 0 unspecified atom stereocenters. The molecule has 6 aromatic rings. The van der Waals surface area contributed by atoms with E-state index in [9.17, 15) is 32.3 Å². The Labute approximate surface area is 364 Å². The average molecular weight is 921 g/mol. The number of carbonyl (C=O) groups excluding carboxylic acids is 4. The van der Waals surface area contributed by atoms with Gasteiger partial charge in [0.25, 0.3) is 23.6 Å². The van der Waals surface area contributed by atoms with Crippen LogP contribution in [0.3, 0.4) is 0 Å². The predicted molar refractivity (Wildman–Crippen MR) is 222 cm³/mol. The second kappa shape index (κ2) is 21.5. The third-order valence-corrected chi connectivity index (χ3v) is 8.55. The lowest BCUT2D eigenvalue weighted by atomic mass is 10.1. The van der Waals surface area contributed by atoms with E-state index >= 15 is 0 Å². The number of aromatic nitrogens is 2. The van der Waals surface area contributed by atoms with E-state index in [0.717, 1.165) is 24.3 Å². The number of benzene rings is 4. The number of pyridine rings is 2. The number of amides is 4. The lowest BCUT2D eigenvalue weighted by molar-refractivity contribution is 0.0987. The van der Waals surface area contributed by atoms with Crippen LogP contribution in [-0.2, 0) is 0 Å². The van der Waals surface area contributed by atoms with Gasteiger partial charge in [-0.2, -0.15) is 0 Å². The molecular weight excluding hydrogens is 891 g/mol. The van der Waals surface area contributed by atoms with Gasteiger partial charge in [0.15, 0.2) is 23.0 Å². The number of aromatic hydroxyl groups is 1. The van der Waals surface area contributed by atoms with Crippen LogP contribution in [-0.4, -0.2) is 52.9 Å². The molecule has 0 atom stereocenters. The fourth-order valence-electron chi connectivity index (χ4n) is 4.72. The smallest absolute Gasteiger partial charge is 0.267 e. The number of nitrogens with one attached hydrogen (secondary N) is 2. The molecule has 4 aromatic carbocycles. The number of phenolic OH excluding ortho intramolecular Hbond substituents is 1. The number of nitrogens with zero attached hydrogens (tertiary/aromatic N) is 2. The van der Waals surface area contributed by atoms with E-state index in [-0.39, 0.29) is 77.0 Å². The lowest BCUT2D eigenvalue weighted by Gasteiger charge is -2.15. The Morgan fingerprint density at radius 2 is 1.07 bits per heavy atom. The highest BCUT2D eigenvalue weighted by molar-refractivity contribution is 6.38. The van der Waals surface area contributed by atoms with Crippen molar-refractivity contribution in [1.82, 2.24) is 9.97 Å². The first-order valence-corrected chi connectivity index (χ1v) is 18.2. The Morgan fingerprint density at radius 3 is 1.52 bits per heavy atom. The summed E-state index contributed by atoms with van der Waals surface area (Å²) in [5.74, 6) is -4.17. The van der Waals surface area contributed by atoms with E-state index in [1.54, 1.807) is 0 Å². The number of phenols is 1. The van der Waals surface area contributed by atoms with Gasteiger partial charge in [0.1, 0.15) is 40.2 Å². The number of ether oxygens (including phenoxy) is 3. The van der Waals surface area contributed by atoms with Crippen molar-refractivity contribution in [1.29, 1.82) is 0 Å². The molecule has 0 aliphatic heterocycles. The molecule has 14 nitrogen and oxygen atoms in total. The minimum Gasteiger partial charge on any atom is -0.504 e. The van der Waals surface area contributed by atoms with E-state index in [1.807, 2.05) is 0 Å². The summed E-state index contributed by atoms with van der Waals surface area (Å²) in [5.41, 5.74) is 10.5. The molecule has 316 valence electrons. The lowest BCUT2D eigenvalue weighted by Crippen LogP contribution is -2.16. The molecule has 6 rings (SSSR count). The standard InChI is InChI=1S/C20H14Cl2FN3O4.C13H8Cl2FN3O2.C7H7FO2/c1-29-16-8-11(23)2-5-15(16)30-17-7-10(21)6-13(22)18(17)20(28)26-12-3-4-14(19(24)27)25-9-12;14-6-3-8(15)11(9(16)4-6)13(21)19-7-1-2-10(12(17)20)18-5-7;1-10-7-4-5(8)2-3-6(7)9/h2-9H,1H3,(H2,24,27)(H,26,28);1-5H,(H2,17,20)(H,19,21);2-4,9H,1H3. The average Bonchev–Trinajstić information content (AvgIpc) is 3.19. The summed E-state index contributed by atoms with van der Waals surface area (Å²) in [5, 5.41) is 14.2. The largest absolute Gasteiger partial charge is 0.504 e. The summed E-state index contributed by atoms with van der Waals surface area (Å²) < 4.78 is 55.0. The molecule has 0 bridgehead atoms. The molecule has 7 N–H and O–H groups in total. The van der Waals surface area contributed by atoms with Crippen molar-refractivity contribution in [3.8, 4) is 28.7 Å². The number of primary amides is 2. The highest BCUT2D eigenvalue weighted by Gasteiger charge is 2.21. The topological polar surface area (TPSA) is 218 Å². The quantitative estimate of drug-likeness (QED) is 0.0878. The molecule has 0 radical (unpaired) electrons. The van der Waals surface area contributed by atoms with Gasteiger partial charge < -0.3 is 41.4 Å². The molecule has 21 heteroatoms. The number of rotatable bonds is 10. The van der Waals surface area contributed by atoms with Gasteiger partial charge in [0.05, 0.1) is 53.6 Å². The fourth-order valence-corrected chi connectivity index (χ4v) is 5.83. The predicted octanol–water partition coefficient (Wildman–Crippen LogP) is 9.10. The zero-order valence-corrected chi connectivity index (χ0v) is 34.3.